The Balaban J connectivity index is 2.42. The van der Waals surface area contributed by atoms with Gasteiger partial charge >= 0.3 is 0 Å². The Morgan fingerprint density at radius 3 is 2.70 bits per heavy atom. The van der Waals surface area contributed by atoms with Crippen LogP contribution in [0.4, 0.5) is 8.78 Å². The third kappa shape index (κ3) is 2.83. The first kappa shape index (κ1) is 15.6. The number of halogens is 3. The van der Waals surface area contributed by atoms with Crippen LogP contribution in [0.1, 0.15) is 5.82 Å². The van der Waals surface area contributed by atoms with E-state index in [1.54, 1.807) is 6.07 Å². The van der Waals surface area contributed by atoms with Crippen LogP contribution < -0.4 is 11.3 Å². The zero-order chi connectivity index (χ0) is 16.6. The van der Waals surface area contributed by atoms with E-state index in [-0.39, 0.29) is 34.6 Å². The first-order chi connectivity index (χ1) is 11.0. The van der Waals surface area contributed by atoms with Gasteiger partial charge in [0.2, 0.25) is 0 Å². The minimum atomic E-state index is -0.685. The molecule has 118 valence electrons. The van der Waals surface area contributed by atoms with Crippen molar-refractivity contribution in [1.29, 1.82) is 0 Å². The maximum atomic E-state index is 14.0. The van der Waals surface area contributed by atoms with E-state index < -0.39 is 17.2 Å². The van der Waals surface area contributed by atoms with Crippen LogP contribution in [0.2, 0.25) is 5.02 Å². The van der Waals surface area contributed by atoms with Crippen LogP contribution in [0, 0.1) is 11.6 Å². The summed E-state index contributed by atoms with van der Waals surface area (Å²) in [5.74, 6) is -0.973. The molecule has 3 rings (SSSR count). The maximum Gasteiger partial charge on any atom is 0.268 e. The number of rotatable bonds is 3. The molecule has 0 bridgehead atoms. The van der Waals surface area contributed by atoms with E-state index in [9.17, 15) is 13.6 Å². The summed E-state index contributed by atoms with van der Waals surface area (Å²) >= 11 is 5.86. The van der Waals surface area contributed by atoms with Crippen LogP contribution in [0.25, 0.3) is 16.6 Å². The first-order valence-electron chi connectivity index (χ1n) is 6.88. The molecule has 0 aliphatic rings. The molecule has 0 unspecified atom stereocenters. The number of benzene rings is 2. The third-order valence-corrected chi connectivity index (χ3v) is 3.61. The zero-order valence-corrected chi connectivity index (χ0v) is 12.6. The quantitative estimate of drug-likeness (QED) is 0.800. The van der Waals surface area contributed by atoms with Gasteiger partial charge in [-0.1, -0.05) is 17.7 Å². The second-order valence-electron chi connectivity index (χ2n) is 4.97. The predicted molar refractivity (Wildman–Crippen MR) is 85.0 cm³/mol. The van der Waals surface area contributed by atoms with E-state index in [0.29, 0.717) is 5.82 Å². The van der Waals surface area contributed by atoms with Gasteiger partial charge in [0.1, 0.15) is 22.8 Å². The Kier molecular flexibility index (Phi) is 4.11. The Hall–Kier alpha value is -2.31. The lowest BCUT2D eigenvalue weighted by Crippen LogP contribution is -2.26. The second-order valence-corrected chi connectivity index (χ2v) is 5.41. The van der Waals surface area contributed by atoms with E-state index in [4.69, 9.17) is 17.3 Å². The minimum Gasteiger partial charge on any atom is -0.330 e. The van der Waals surface area contributed by atoms with Gasteiger partial charge in [0.15, 0.2) is 0 Å². The Morgan fingerprint density at radius 1 is 1.22 bits per heavy atom. The number of nitrogens with two attached hydrogens (primary N) is 1. The number of hydrogen-bond donors (Lipinski definition) is 1. The monoisotopic (exact) mass is 335 g/mol. The summed E-state index contributed by atoms with van der Waals surface area (Å²) in [6, 6.07) is 7.87. The van der Waals surface area contributed by atoms with Crippen molar-refractivity contribution in [3.8, 4) is 5.69 Å². The molecule has 1 heterocycles. The van der Waals surface area contributed by atoms with Crippen LogP contribution in [-0.2, 0) is 6.42 Å². The van der Waals surface area contributed by atoms with Crippen LogP contribution in [0.15, 0.2) is 41.2 Å². The van der Waals surface area contributed by atoms with Crippen LogP contribution in [-0.4, -0.2) is 16.1 Å². The van der Waals surface area contributed by atoms with Crippen LogP contribution in [0.3, 0.4) is 0 Å². The molecule has 0 aliphatic carbocycles. The summed E-state index contributed by atoms with van der Waals surface area (Å²) in [6.07, 6.45) is 0.274. The second kappa shape index (κ2) is 6.06. The van der Waals surface area contributed by atoms with Crippen molar-refractivity contribution in [1.82, 2.24) is 9.55 Å². The minimum absolute atomic E-state index is 0.124. The summed E-state index contributed by atoms with van der Waals surface area (Å²) < 4.78 is 28.8. The van der Waals surface area contributed by atoms with Crippen molar-refractivity contribution in [2.24, 2.45) is 5.73 Å². The largest absolute Gasteiger partial charge is 0.330 e. The van der Waals surface area contributed by atoms with Crippen molar-refractivity contribution in [2.75, 3.05) is 6.54 Å². The van der Waals surface area contributed by atoms with Gasteiger partial charge < -0.3 is 5.73 Å². The molecule has 0 spiro atoms. The summed E-state index contributed by atoms with van der Waals surface area (Å²) in [7, 11) is 0. The van der Waals surface area contributed by atoms with Gasteiger partial charge in [-0.05, 0) is 36.9 Å². The van der Waals surface area contributed by atoms with Gasteiger partial charge in [0.05, 0.1) is 11.2 Å². The van der Waals surface area contributed by atoms with Crippen molar-refractivity contribution >= 4 is 22.5 Å². The normalized spacial score (nSPS) is 11.1. The highest BCUT2D eigenvalue weighted by Crippen LogP contribution is 2.20. The van der Waals surface area contributed by atoms with Gasteiger partial charge in [-0.2, -0.15) is 0 Å². The average Bonchev–Trinajstić information content (AvgIpc) is 2.46. The van der Waals surface area contributed by atoms with Gasteiger partial charge in [0, 0.05) is 11.4 Å². The molecule has 0 fully saturated rings. The molecular formula is C16H12ClF2N3O. The molecular weight excluding hydrogens is 324 g/mol. The average molecular weight is 336 g/mol. The molecule has 0 saturated heterocycles. The van der Waals surface area contributed by atoms with Crippen LogP contribution in [0.5, 0.6) is 0 Å². The highest BCUT2D eigenvalue weighted by molar-refractivity contribution is 6.30. The fourth-order valence-electron chi connectivity index (χ4n) is 2.47. The molecule has 3 aromatic rings. The zero-order valence-electron chi connectivity index (χ0n) is 11.9. The van der Waals surface area contributed by atoms with Gasteiger partial charge in [0.25, 0.3) is 5.56 Å². The standard InChI is InChI=1S/C16H12ClF2N3O/c17-9-6-10(18)8-11(7-9)22-14(4-5-20)21-13-3-1-2-12(19)15(13)16(22)23/h1-3,6-8H,4-5,20H2. The molecule has 0 atom stereocenters. The first-order valence-corrected chi connectivity index (χ1v) is 7.25. The fraction of sp³-hybridized carbons (Fsp3) is 0.125. The van der Waals surface area contributed by atoms with E-state index in [2.05, 4.69) is 4.98 Å². The highest BCUT2D eigenvalue weighted by Gasteiger charge is 2.16. The Labute approximate surface area is 135 Å². The summed E-state index contributed by atoms with van der Waals surface area (Å²) in [6.45, 7) is 0.232. The lowest BCUT2D eigenvalue weighted by molar-refractivity contribution is 0.625. The highest BCUT2D eigenvalue weighted by atomic mass is 35.5. The predicted octanol–water partition coefficient (Wildman–Crippen LogP) is 2.82. The Bertz CT molecular complexity index is 936. The van der Waals surface area contributed by atoms with E-state index in [1.165, 1.54) is 18.2 Å². The SMILES string of the molecule is NCCc1nc2cccc(F)c2c(=O)n1-c1cc(F)cc(Cl)c1. The summed E-state index contributed by atoms with van der Waals surface area (Å²) in [4.78, 5) is 17.0. The van der Waals surface area contributed by atoms with Gasteiger partial charge in [-0.3, -0.25) is 9.36 Å². The number of fused-ring (bicyclic) bond motifs is 1. The van der Waals surface area contributed by atoms with Crippen molar-refractivity contribution in [3.63, 3.8) is 0 Å². The molecule has 2 aromatic carbocycles. The topological polar surface area (TPSA) is 60.9 Å². The number of aromatic nitrogens is 2. The van der Waals surface area contributed by atoms with E-state index in [0.717, 1.165) is 16.7 Å². The maximum absolute atomic E-state index is 14.0. The van der Waals surface area contributed by atoms with Gasteiger partial charge in [-0.15, -0.1) is 0 Å². The van der Waals surface area contributed by atoms with Gasteiger partial charge in [-0.25, -0.2) is 13.8 Å². The number of nitrogens with zero attached hydrogens (tertiary/aromatic N) is 2. The molecule has 0 amide bonds. The van der Waals surface area contributed by atoms with Crippen molar-refractivity contribution in [2.45, 2.75) is 6.42 Å². The van der Waals surface area contributed by atoms with Crippen molar-refractivity contribution < 1.29 is 8.78 Å². The van der Waals surface area contributed by atoms with E-state index in [1.807, 2.05) is 0 Å². The smallest absolute Gasteiger partial charge is 0.268 e. The summed E-state index contributed by atoms with van der Waals surface area (Å²) in [5.41, 5.74) is 5.35. The van der Waals surface area contributed by atoms with Crippen LogP contribution >= 0.6 is 11.6 Å². The number of hydrogen-bond acceptors (Lipinski definition) is 3. The molecule has 23 heavy (non-hydrogen) atoms. The molecule has 0 aliphatic heterocycles. The molecule has 1 aromatic heterocycles. The fourth-order valence-corrected chi connectivity index (χ4v) is 2.68. The molecule has 0 radical (unpaired) electrons. The van der Waals surface area contributed by atoms with Crippen molar-refractivity contribution in [3.05, 3.63) is 69.2 Å². The third-order valence-electron chi connectivity index (χ3n) is 3.39. The molecule has 2 N–H and O–H groups in total. The Morgan fingerprint density at radius 2 is 2.00 bits per heavy atom. The molecule has 0 saturated carbocycles. The molecule has 7 heteroatoms. The lowest BCUT2D eigenvalue weighted by atomic mass is 10.2. The van der Waals surface area contributed by atoms with E-state index >= 15 is 0 Å². The molecule has 4 nitrogen and oxygen atoms in total. The summed E-state index contributed by atoms with van der Waals surface area (Å²) in [5, 5.41) is -0.0344. The lowest BCUT2D eigenvalue weighted by Gasteiger charge is -2.14.